The fraction of sp³-hybridized carbons (Fsp3) is 0.808. The number of methoxy groups -OCH3 is 1. The van der Waals surface area contributed by atoms with Crippen LogP contribution in [-0.4, -0.2) is 26.3 Å². The number of carbonyl (C=O) groups excluding carboxylic acids is 1. The number of aldehydes is 1. The van der Waals surface area contributed by atoms with Crippen molar-refractivity contribution in [3.05, 3.63) is 23.8 Å². The average molecular weight is 401 g/mol. The summed E-state index contributed by atoms with van der Waals surface area (Å²) in [5, 5.41) is 0. The molecule has 29 heavy (non-hydrogen) atoms. The maximum atomic E-state index is 10.8. The second kappa shape index (κ2) is 8.30. The average Bonchev–Trinajstić information content (AvgIpc) is 3.07. The van der Waals surface area contributed by atoms with Crippen molar-refractivity contribution < 1.29 is 14.3 Å². The van der Waals surface area contributed by atoms with Gasteiger partial charge in [0.05, 0.1) is 6.10 Å². The molecule has 0 spiro atoms. The number of allylic oxidation sites excluding steroid dienone is 3. The molecule has 0 amide bonds. The highest BCUT2D eigenvalue weighted by molar-refractivity contribution is 5.64. The van der Waals surface area contributed by atoms with Gasteiger partial charge in [0.25, 0.3) is 0 Å². The zero-order valence-electron chi connectivity index (χ0n) is 18.9. The molecule has 162 valence electrons. The SMILES string of the molecule is COCO[C@H]1CC[C@@]2(C)C(=CC[C@H]3[C@@H]4CC[C@H]([C@H](C)C=CC=O)[C@@]4(C)CC[C@@H]32)C1. The lowest BCUT2D eigenvalue weighted by Crippen LogP contribution is -2.51. The highest BCUT2D eigenvalue weighted by atomic mass is 16.7. The van der Waals surface area contributed by atoms with Crippen LogP contribution >= 0.6 is 0 Å². The third-order valence-corrected chi connectivity index (χ3v) is 9.68. The summed E-state index contributed by atoms with van der Waals surface area (Å²) in [5.41, 5.74) is 2.48. The van der Waals surface area contributed by atoms with E-state index in [0.29, 0.717) is 29.6 Å². The molecular weight excluding hydrogens is 360 g/mol. The minimum absolute atomic E-state index is 0.334. The van der Waals surface area contributed by atoms with Gasteiger partial charge in [-0.2, -0.15) is 0 Å². The Labute approximate surface area is 177 Å². The van der Waals surface area contributed by atoms with Crippen molar-refractivity contribution in [1.82, 2.24) is 0 Å². The second-order valence-corrected chi connectivity index (χ2v) is 10.8. The van der Waals surface area contributed by atoms with E-state index in [2.05, 4.69) is 32.9 Å². The van der Waals surface area contributed by atoms with Crippen LogP contribution in [0.1, 0.15) is 72.1 Å². The van der Waals surface area contributed by atoms with Crippen LogP contribution in [-0.2, 0) is 14.3 Å². The number of carbonyl (C=O) groups is 1. The van der Waals surface area contributed by atoms with Crippen LogP contribution in [0.25, 0.3) is 0 Å². The number of rotatable bonds is 6. The van der Waals surface area contributed by atoms with Crippen molar-refractivity contribution >= 4 is 6.29 Å². The Morgan fingerprint density at radius 3 is 2.76 bits per heavy atom. The van der Waals surface area contributed by atoms with Crippen molar-refractivity contribution in [3.8, 4) is 0 Å². The third-order valence-electron chi connectivity index (χ3n) is 9.68. The van der Waals surface area contributed by atoms with Gasteiger partial charge in [-0.15, -0.1) is 0 Å². The van der Waals surface area contributed by atoms with Crippen molar-refractivity contribution in [2.45, 2.75) is 78.2 Å². The van der Waals surface area contributed by atoms with E-state index in [1.54, 1.807) is 18.8 Å². The molecule has 8 atom stereocenters. The first-order chi connectivity index (χ1) is 13.9. The smallest absolute Gasteiger partial charge is 0.146 e. The van der Waals surface area contributed by atoms with Crippen molar-refractivity contribution in [3.63, 3.8) is 0 Å². The van der Waals surface area contributed by atoms with Crippen molar-refractivity contribution in [1.29, 1.82) is 0 Å². The van der Waals surface area contributed by atoms with Gasteiger partial charge in [0, 0.05) is 7.11 Å². The molecule has 4 aliphatic rings. The number of hydrogen-bond donors (Lipinski definition) is 0. The monoisotopic (exact) mass is 400 g/mol. The lowest BCUT2D eigenvalue weighted by Gasteiger charge is -2.58. The van der Waals surface area contributed by atoms with Gasteiger partial charge in [-0.05, 0) is 97.9 Å². The molecule has 0 bridgehead atoms. The van der Waals surface area contributed by atoms with Crippen molar-refractivity contribution in [2.75, 3.05) is 13.9 Å². The van der Waals surface area contributed by atoms with E-state index in [4.69, 9.17) is 9.47 Å². The van der Waals surface area contributed by atoms with Gasteiger partial charge in [-0.3, -0.25) is 4.79 Å². The lowest BCUT2D eigenvalue weighted by molar-refractivity contribution is -0.104. The molecule has 0 aromatic rings. The molecule has 0 radical (unpaired) electrons. The Hall–Kier alpha value is -0.930. The van der Waals surface area contributed by atoms with Gasteiger partial charge in [-0.1, -0.05) is 38.5 Å². The molecule has 4 aliphatic carbocycles. The molecule has 0 unspecified atom stereocenters. The molecule has 3 heteroatoms. The minimum Gasteiger partial charge on any atom is -0.359 e. The normalized spacial score (nSPS) is 45.2. The first-order valence-corrected chi connectivity index (χ1v) is 11.9. The topological polar surface area (TPSA) is 35.5 Å². The zero-order chi connectivity index (χ0) is 20.6. The van der Waals surface area contributed by atoms with E-state index < -0.39 is 0 Å². The predicted molar refractivity (Wildman–Crippen MR) is 116 cm³/mol. The number of ether oxygens (including phenoxy) is 2. The highest BCUT2D eigenvalue weighted by Gasteiger charge is 2.59. The maximum Gasteiger partial charge on any atom is 0.146 e. The standard InChI is InChI=1S/C26H40O3/c1-18(6-5-15-27)22-9-10-23-21-8-7-19-16-20(29-17-28-4)11-13-25(19,2)24(21)12-14-26(22,23)3/h5-7,15,18,20-24H,8-14,16-17H2,1-4H3/t18-,20+,21+,22-,23+,24+,25+,26-/m1/s1. The summed E-state index contributed by atoms with van der Waals surface area (Å²) >= 11 is 0. The fourth-order valence-corrected chi connectivity index (χ4v) is 8.19. The summed E-state index contributed by atoms with van der Waals surface area (Å²) in [4.78, 5) is 10.8. The molecule has 3 nitrogen and oxygen atoms in total. The number of hydrogen-bond acceptors (Lipinski definition) is 3. The van der Waals surface area contributed by atoms with Crippen LogP contribution in [0.3, 0.4) is 0 Å². The van der Waals surface area contributed by atoms with E-state index in [9.17, 15) is 4.79 Å². The highest BCUT2D eigenvalue weighted by Crippen LogP contribution is 2.67. The van der Waals surface area contributed by atoms with Crippen LogP contribution in [0.2, 0.25) is 0 Å². The van der Waals surface area contributed by atoms with Crippen LogP contribution in [0.5, 0.6) is 0 Å². The maximum absolute atomic E-state index is 10.8. The van der Waals surface area contributed by atoms with Gasteiger partial charge < -0.3 is 9.47 Å². The van der Waals surface area contributed by atoms with Gasteiger partial charge >= 0.3 is 0 Å². The summed E-state index contributed by atoms with van der Waals surface area (Å²) in [6, 6.07) is 0. The largest absolute Gasteiger partial charge is 0.359 e. The molecule has 0 N–H and O–H groups in total. The summed E-state index contributed by atoms with van der Waals surface area (Å²) < 4.78 is 11.1. The molecule has 0 heterocycles. The molecule has 3 fully saturated rings. The third kappa shape index (κ3) is 3.57. The van der Waals surface area contributed by atoms with E-state index in [1.165, 1.54) is 44.9 Å². The molecule has 0 saturated heterocycles. The Kier molecular flexibility index (Phi) is 6.10. The van der Waals surface area contributed by atoms with Crippen LogP contribution in [0, 0.1) is 40.4 Å². The van der Waals surface area contributed by atoms with Crippen LogP contribution < -0.4 is 0 Å². The van der Waals surface area contributed by atoms with Gasteiger partial charge in [0.2, 0.25) is 0 Å². The Bertz CT molecular complexity index is 667. The first-order valence-electron chi connectivity index (χ1n) is 11.9. The Morgan fingerprint density at radius 1 is 1.17 bits per heavy atom. The summed E-state index contributed by atoms with van der Waals surface area (Å²) in [5.74, 6) is 3.75. The van der Waals surface area contributed by atoms with Crippen molar-refractivity contribution in [2.24, 2.45) is 40.4 Å². The lowest BCUT2D eigenvalue weighted by atomic mass is 9.47. The molecule has 4 rings (SSSR count). The second-order valence-electron chi connectivity index (χ2n) is 10.8. The fourth-order valence-electron chi connectivity index (χ4n) is 8.19. The zero-order valence-corrected chi connectivity index (χ0v) is 18.9. The van der Waals surface area contributed by atoms with Gasteiger partial charge in [0.15, 0.2) is 0 Å². The van der Waals surface area contributed by atoms with E-state index in [-0.39, 0.29) is 0 Å². The van der Waals surface area contributed by atoms with Gasteiger partial charge in [0.1, 0.15) is 13.1 Å². The first kappa shape index (κ1) is 21.3. The minimum atomic E-state index is 0.334. The molecular formula is C26H40O3. The van der Waals surface area contributed by atoms with E-state index >= 15 is 0 Å². The van der Waals surface area contributed by atoms with Gasteiger partial charge in [-0.25, -0.2) is 0 Å². The molecule has 0 aromatic heterocycles. The Morgan fingerprint density at radius 2 is 2.00 bits per heavy atom. The van der Waals surface area contributed by atoms with E-state index in [0.717, 1.165) is 36.4 Å². The molecule has 0 aromatic carbocycles. The molecule has 3 saturated carbocycles. The quantitative estimate of drug-likeness (QED) is 0.239. The summed E-state index contributed by atoms with van der Waals surface area (Å²) in [6.07, 6.45) is 18.0. The van der Waals surface area contributed by atoms with Crippen LogP contribution in [0.15, 0.2) is 23.8 Å². The predicted octanol–water partition coefficient (Wildman–Crippen LogP) is 5.95. The van der Waals surface area contributed by atoms with Crippen LogP contribution in [0.4, 0.5) is 0 Å². The van der Waals surface area contributed by atoms with E-state index in [1.807, 2.05) is 0 Å². The summed E-state index contributed by atoms with van der Waals surface area (Å²) in [6.45, 7) is 7.88. The number of fused-ring (bicyclic) bond motifs is 5. The summed E-state index contributed by atoms with van der Waals surface area (Å²) in [7, 11) is 1.71. The molecule has 0 aliphatic heterocycles. The Balaban J connectivity index is 1.52.